The van der Waals surface area contributed by atoms with Crippen molar-refractivity contribution in [2.24, 2.45) is 0 Å². The average molecular weight is 376 g/mol. The Balaban J connectivity index is 1.61. The number of carbonyl (C=O) groups excluding carboxylic acids is 1. The second-order valence-electron chi connectivity index (χ2n) is 5.47. The summed E-state index contributed by atoms with van der Waals surface area (Å²) in [4.78, 5) is 26.4. The molecule has 134 valence electrons. The van der Waals surface area contributed by atoms with Crippen molar-refractivity contribution >= 4 is 29.1 Å². The van der Waals surface area contributed by atoms with E-state index in [0.717, 1.165) is 11.8 Å². The summed E-state index contributed by atoms with van der Waals surface area (Å²) in [5.74, 6) is -0.293. The topological polar surface area (TPSA) is 121 Å². The number of nitrogens with one attached hydrogen (secondary N) is 1. The van der Waals surface area contributed by atoms with Crippen LogP contribution in [0.3, 0.4) is 0 Å². The highest BCUT2D eigenvalue weighted by Crippen LogP contribution is 2.16. The number of anilines is 1. The quantitative estimate of drug-likeness (QED) is 0.519. The zero-order chi connectivity index (χ0) is 18.7. The van der Waals surface area contributed by atoms with E-state index >= 15 is 0 Å². The van der Waals surface area contributed by atoms with E-state index in [2.05, 4.69) is 20.5 Å². The van der Waals surface area contributed by atoms with Gasteiger partial charge in [-0.25, -0.2) is 9.67 Å². The lowest BCUT2D eigenvalue weighted by Crippen LogP contribution is -2.21. The number of nitro groups is 1. The van der Waals surface area contributed by atoms with Crippen LogP contribution in [0.1, 0.15) is 11.3 Å². The lowest BCUT2D eigenvalue weighted by molar-refractivity contribution is -0.385. The van der Waals surface area contributed by atoms with E-state index in [1.807, 2.05) is 12.1 Å². The van der Waals surface area contributed by atoms with Crippen LogP contribution in [0.2, 0.25) is 5.02 Å². The van der Waals surface area contributed by atoms with Crippen molar-refractivity contribution < 1.29 is 9.72 Å². The third-order valence-electron chi connectivity index (χ3n) is 3.61. The molecule has 26 heavy (non-hydrogen) atoms. The van der Waals surface area contributed by atoms with Gasteiger partial charge in [-0.1, -0.05) is 23.7 Å². The predicted molar refractivity (Wildman–Crippen MR) is 92.8 cm³/mol. The van der Waals surface area contributed by atoms with Crippen molar-refractivity contribution in [3.8, 4) is 0 Å². The maximum Gasteiger partial charge on any atom is 0.309 e. The van der Waals surface area contributed by atoms with E-state index in [0.29, 0.717) is 17.3 Å². The highest BCUT2D eigenvalue weighted by Gasteiger charge is 2.18. The second kappa shape index (κ2) is 7.31. The van der Waals surface area contributed by atoms with Gasteiger partial charge in [-0.05, 0) is 24.6 Å². The normalized spacial score (nSPS) is 10.7. The number of aromatic nitrogens is 5. The van der Waals surface area contributed by atoms with E-state index in [1.165, 1.54) is 17.9 Å². The van der Waals surface area contributed by atoms with Crippen molar-refractivity contribution in [1.29, 1.82) is 0 Å². The van der Waals surface area contributed by atoms with Gasteiger partial charge in [0.15, 0.2) is 0 Å². The summed E-state index contributed by atoms with van der Waals surface area (Å²) >= 11 is 5.85. The molecule has 0 aliphatic rings. The van der Waals surface area contributed by atoms with E-state index in [9.17, 15) is 14.9 Å². The zero-order valence-corrected chi connectivity index (χ0v) is 14.4. The molecule has 0 spiro atoms. The van der Waals surface area contributed by atoms with Gasteiger partial charge >= 0.3 is 5.69 Å². The van der Waals surface area contributed by atoms with Crippen LogP contribution in [0.15, 0.2) is 36.8 Å². The number of amides is 1. The molecule has 0 atom stereocenters. The van der Waals surface area contributed by atoms with Crippen molar-refractivity contribution in [3.63, 3.8) is 0 Å². The van der Waals surface area contributed by atoms with Crippen LogP contribution in [-0.2, 0) is 17.9 Å². The van der Waals surface area contributed by atoms with Crippen LogP contribution in [0.4, 0.5) is 11.6 Å². The Labute approximate surface area is 152 Å². The van der Waals surface area contributed by atoms with Gasteiger partial charge in [-0.15, -0.1) is 5.10 Å². The molecule has 3 rings (SSSR count). The maximum atomic E-state index is 12.1. The summed E-state index contributed by atoms with van der Waals surface area (Å²) in [6, 6.07) is 7.30. The molecule has 1 amide bonds. The summed E-state index contributed by atoms with van der Waals surface area (Å²) < 4.78 is 2.82. The molecule has 0 aliphatic carbocycles. The van der Waals surface area contributed by atoms with Crippen molar-refractivity contribution in [3.05, 3.63) is 63.2 Å². The van der Waals surface area contributed by atoms with Gasteiger partial charge in [0.25, 0.3) is 0 Å². The molecule has 0 fully saturated rings. The van der Waals surface area contributed by atoms with Crippen LogP contribution in [0, 0.1) is 17.0 Å². The summed E-state index contributed by atoms with van der Waals surface area (Å²) in [5.41, 5.74) is 1.14. The van der Waals surface area contributed by atoms with Crippen LogP contribution in [0.5, 0.6) is 0 Å². The first-order chi connectivity index (χ1) is 12.4. The molecule has 0 aliphatic heterocycles. The Morgan fingerprint density at radius 2 is 2.08 bits per heavy atom. The lowest BCUT2D eigenvalue weighted by Gasteiger charge is -2.03. The summed E-state index contributed by atoms with van der Waals surface area (Å²) in [6.45, 7) is 1.83. The number of nitrogens with zero attached hydrogens (tertiary/aromatic N) is 6. The van der Waals surface area contributed by atoms with Gasteiger partial charge < -0.3 is 0 Å². The fourth-order valence-corrected chi connectivity index (χ4v) is 2.41. The first-order valence-electron chi connectivity index (χ1n) is 7.53. The molecule has 2 aromatic heterocycles. The molecule has 0 bridgehead atoms. The monoisotopic (exact) mass is 375 g/mol. The molecule has 10 nitrogen and oxygen atoms in total. The van der Waals surface area contributed by atoms with Gasteiger partial charge in [0.05, 0.1) is 11.5 Å². The molecule has 1 N–H and O–H groups in total. The van der Waals surface area contributed by atoms with Crippen LogP contribution in [-0.4, -0.2) is 35.4 Å². The molecule has 2 heterocycles. The zero-order valence-electron chi connectivity index (χ0n) is 13.7. The highest BCUT2D eigenvalue weighted by atomic mass is 35.5. The Kier molecular flexibility index (Phi) is 4.94. The molecular formula is C15H14ClN7O3. The molecule has 0 unspecified atom stereocenters. The standard InChI is InChI=1S/C15H14ClN7O3/c1-10-13(23(25)26)6-18-22(10)8-14(24)19-15-17-9-21(20-15)7-11-2-4-12(16)5-3-11/h2-6,9H,7-8H2,1H3,(H,19,20,24). The fraction of sp³-hybridized carbons (Fsp3) is 0.200. The van der Waals surface area contributed by atoms with Crippen LogP contribution >= 0.6 is 11.6 Å². The average Bonchev–Trinajstić information content (AvgIpc) is 3.17. The van der Waals surface area contributed by atoms with E-state index in [4.69, 9.17) is 11.6 Å². The Morgan fingerprint density at radius 3 is 2.73 bits per heavy atom. The molecular weight excluding hydrogens is 362 g/mol. The maximum absolute atomic E-state index is 12.1. The smallest absolute Gasteiger partial charge is 0.292 e. The molecule has 1 aromatic carbocycles. The van der Waals surface area contributed by atoms with Crippen LogP contribution < -0.4 is 5.32 Å². The number of halogens is 1. The largest absolute Gasteiger partial charge is 0.309 e. The van der Waals surface area contributed by atoms with Gasteiger partial charge in [0, 0.05) is 5.02 Å². The summed E-state index contributed by atoms with van der Waals surface area (Å²) in [6.07, 6.45) is 2.61. The third kappa shape index (κ3) is 4.03. The Hall–Kier alpha value is -3.27. The Morgan fingerprint density at radius 1 is 1.35 bits per heavy atom. The van der Waals surface area contributed by atoms with Crippen molar-refractivity contribution in [2.45, 2.75) is 20.0 Å². The van der Waals surface area contributed by atoms with Crippen molar-refractivity contribution in [1.82, 2.24) is 24.5 Å². The molecule has 3 aromatic rings. The summed E-state index contributed by atoms with van der Waals surface area (Å²) in [7, 11) is 0. The van der Waals surface area contributed by atoms with Gasteiger partial charge in [0.1, 0.15) is 24.8 Å². The number of hydrogen-bond acceptors (Lipinski definition) is 6. The molecule has 0 saturated heterocycles. The van der Waals surface area contributed by atoms with Gasteiger partial charge in [-0.2, -0.15) is 5.10 Å². The minimum atomic E-state index is -0.545. The highest BCUT2D eigenvalue weighted by molar-refractivity contribution is 6.30. The molecule has 0 saturated carbocycles. The number of benzene rings is 1. The fourth-order valence-electron chi connectivity index (χ4n) is 2.28. The second-order valence-corrected chi connectivity index (χ2v) is 5.91. The van der Waals surface area contributed by atoms with E-state index in [1.54, 1.807) is 16.8 Å². The third-order valence-corrected chi connectivity index (χ3v) is 3.86. The number of carbonyl (C=O) groups is 1. The number of rotatable bonds is 6. The van der Waals surface area contributed by atoms with Gasteiger partial charge in [0.2, 0.25) is 11.9 Å². The van der Waals surface area contributed by atoms with E-state index in [-0.39, 0.29) is 18.2 Å². The van der Waals surface area contributed by atoms with E-state index < -0.39 is 10.8 Å². The molecule has 0 radical (unpaired) electrons. The summed E-state index contributed by atoms with van der Waals surface area (Å²) in [5, 5.41) is 22.0. The minimum Gasteiger partial charge on any atom is -0.292 e. The minimum absolute atomic E-state index is 0.136. The first kappa shape index (κ1) is 17.5. The SMILES string of the molecule is Cc1c([N+](=O)[O-])cnn1CC(=O)Nc1ncn(Cc2ccc(Cl)cc2)n1. The lowest BCUT2D eigenvalue weighted by atomic mass is 10.2. The van der Waals surface area contributed by atoms with Crippen molar-refractivity contribution in [2.75, 3.05) is 5.32 Å². The van der Waals surface area contributed by atoms with Crippen LogP contribution in [0.25, 0.3) is 0 Å². The Bertz CT molecular complexity index is 949. The number of hydrogen-bond donors (Lipinski definition) is 1. The van der Waals surface area contributed by atoms with Gasteiger partial charge in [-0.3, -0.25) is 24.9 Å². The predicted octanol–water partition coefficient (Wildman–Crippen LogP) is 2.03. The molecule has 11 heteroatoms. The first-order valence-corrected chi connectivity index (χ1v) is 7.90.